The van der Waals surface area contributed by atoms with E-state index < -0.39 is 0 Å². The topological polar surface area (TPSA) is 47.0 Å². The molecule has 3 rings (SSSR count). The van der Waals surface area contributed by atoms with Gasteiger partial charge in [-0.05, 0) is 32.4 Å². The van der Waals surface area contributed by atoms with Crippen LogP contribution in [0.15, 0.2) is 24.3 Å². The van der Waals surface area contributed by atoms with Gasteiger partial charge in [-0.25, -0.2) is 0 Å². The van der Waals surface area contributed by atoms with Crippen molar-refractivity contribution in [3.63, 3.8) is 0 Å². The van der Waals surface area contributed by atoms with Crippen LogP contribution < -0.4 is 10.1 Å². The van der Waals surface area contributed by atoms with Crippen LogP contribution in [0.4, 0.5) is 0 Å². The maximum absolute atomic E-state index is 5.82. The number of ether oxygens (including phenoxy) is 1. The standard InChI is InChI=1S/C14H17N3O/c1-10-12-6-2-3-7-13(12)14(17-16-10)18-9-11-5-4-8-15-11/h2-3,6-7,11,15H,4-5,8-9H2,1H3. The number of fused-ring (bicyclic) bond motifs is 1. The largest absolute Gasteiger partial charge is 0.475 e. The maximum atomic E-state index is 5.82. The van der Waals surface area contributed by atoms with E-state index in [1.54, 1.807) is 0 Å². The van der Waals surface area contributed by atoms with Crippen LogP contribution in [-0.2, 0) is 0 Å². The summed E-state index contributed by atoms with van der Waals surface area (Å²) in [5.41, 5.74) is 0.942. The molecule has 4 nitrogen and oxygen atoms in total. The third-order valence-corrected chi connectivity index (χ3v) is 3.42. The summed E-state index contributed by atoms with van der Waals surface area (Å²) in [6.45, 7) is 3.73. The first kappa shape index (κ1) is 11.4. The molecule has 1 aromatic carbocycles. The molecular weight excluding hydrogens is 226 g/mol. The minimum absolute atomic E-state index is 0.451. The molecule has 0 spiro atoms. The molecule has 0 saturated carbocycles. The van der Waals surface area contributed by atoms with Gasteiger partial charge in [-0.1, -0.05) is 18.2 Å². The van der Waals surface area contributed by atoms with E-state index in [1.165, 1.54) is 12.8 Å². The predicted octanol–water partition coefficient (Wildman–Crippen LogP) is 2.07. The predicted molar refractivity (Wildman–Crippen MR) is 70.8 cm³/mol. The highest BCUT2D eigenvalue weighted by Gasteiger charge is 2.15. The molecule has 1 unspecified atom stereocenters. The first-order valence-electron chi connectivity index (χ1n) is 6.43. The molecule has 1 aromatic heterocycles. The maximum Gasteiger partial charge on any atom is 0.241 e. The van der Waals surface area contributed by atoms with Crippen molar-refractivity contribution in [2.75, 3.05) is 13.2 Å². The highest BCUT2D eigenvalue weighted by atomic mass is 16.5. The SMILES string of the molecule is Cc1nnc(OCC2CCCN2)c2ccccc12. The number of nitrogens with zero attached hydrogens (tertiary/aromatic N) is 2. The quantitative estimate of drug-likeness (QED) is 0.896. The lowest BCUT2D eigenvalue weighted by atomic mass is 10.1. The Labute approximate surface area is 106 Å². The van der Waals surface area contributed by atoms with Crippen LogP contribution in [0.25, 0.3) is 10.8 Å². The van der Waals surface area contributed by atoms with Crippen LogP contribution in [0, 0.1) is 6.92 Å². The Morgan fingerprint density at radius 3 is 2.89 bits per heavy atom. The molecule has 1 fully saturated rings. The van der Waals surface area contributed by atoms with Gasteiger partial charge in [-0.2, -0.15) is 5.10 Å². The van der Waals surface area contributed by atoms with Gasteiger partial charge in [0.2, 0.25) is 5.88 Å². The van der Waals surface area contributed by atoms with E-state index in [2.05, 4.69) is 21.6 Å². The Bertz CT molecular complexity index is 550. The van der Waals surface area contributed by atoms with Gasteiger partial charge in [0.05, 0.1) is 5.69 Å². The fourth-order valence-electron chi connectivity index (χ4n) is 2.40. The van der Waals surface area contributed by atoms with Gasteiger partial charge < -0.3 is 10.1 Å². The summed E-state index contributed by atoms with van der Waals surface area (Å²) < 4.78 is 5.82. The second-order valence-electron chi connectivity index (χ2n) is 4.74. The van der Waals surface area contributed by atoms with Gasteiger partial charge in [0, 0.05) is 16.8 Å². The Balaban J connectivity index is 1.85. The average Bonchev–Trinajstić information content (AvgIpc) is 2.92. The summed E-state index contributed by atoms with van der Waals surface area (Å²) in [5.74, 6) is 0.643. The normalized spacial score (nSPS) is 19.3. The Hall–Kier alpha value is -1.68. The third-order valence-electron chi connectivity index (χ3n) is 3.42. The van der Waals surface area contributed by atoms with Crippen molar-refractivity contribution >= 4 is 10.8 Å². The molecule has 18 heavy (non-hydrogen) atoms. The van der Waals surface area contributed by atoms with Crippen LogP contribution >= 0.6 is 0 Å². The van der Waals surface area contributed by atoms with E-state index in [9.17, 15) is 0 Å². The summed E-state index contributed by atoms with van der Waals surface area (Å²) in [6.07, 6.45) is 2.41. The minimum atomic E-state index is 0.451. The van der Waals surface area contributed by atoms with Crippen molar-refractivity contribution < 1.29 is 4.74 Å². The van der Waals surface area contributed by atoms with E-state index in [0.29, 0.717) is 18.5 Å². The smallest absolute Gasteiger partial charge is 0.241 e. The molecule has 2 aromatic rings. The van der Waals surface area contributed by atoms with Crippen molar-refractivity contribution in [1.29, 1.82) is 0 Å². The molecule has 0 aliphatic carbocycles. The summed E-state index contributed by atoms with van der Waals surface area (Å²) >= 11 is 0. The van der Waals surface area contributed by atoms with E-state index in [4.69, 9.17) is 4.74 Å². The number of hydrogen-bond donors (Lipinski definition) is 1. The van der Waals surface area contributed by atoms with Crippen molar-refractivity contribution in [2.45, 2.75) is 25.8 Å². The number of hydrogen-bond acceptors (Lipinski definition) is 4. The molecule has 1 N–H and O–H groups in total. The van der Waals surface area contributed by atoms with Gasteiger partial charge in [-0.15, -0.1) is 5.10 Å². The van der Waals surface area contributed by atoms with Gasteiger partial charge in [-0.3, -0.25) is 0 Å². The van der Waals surface area contributed by atoms with Crippen molar-refractivity contribution in [3.05, 3.63) is 30.0 Å². The molecule has 1 saturated heterocycles. The van der Waals surface area contributed by atoms with Crippen LogP contribution in [-0.4, -0.2) is 29.4 Å². The molecule has 94 valence electrons. The monoisotopic (exact) mass is 243 g/mol. The van der Waals surface area contributed by atoms with Gasteiger partial charge in [0.15, 0.2) is 0 Å². The first-order valence-corrected chi connectivity index (χ1v) is 6.43. The summed E-state index contributed by atoms with van der Waals surface area (Å²) in [6, 6.07) is 8.56. The lowest BCUT2D eigenvalue weighted by Crippen LogP contribution is -2.28. The molecule has 1 atom stereocenters. The molecule has 4 heteroatoms. The zero-order valence-electron chi connectivity index (χ0n) is 10.5. The highest BCUT2D eigenvalue weighted by Crippen LogP contribution is 2.24. The Kier molecular flexibility index (Phi) is 3.11. The first-order chi connectivity index (χ1) is 8.84. The van der Waals surface area contributed by atoms with Crippen LogP contribution in [0.1, 0.15) is 18.5 Å². The lowest BCUT2D eigenvalue weighted by Gasteiger charge is -2.12. The number of aromatic nitrogens is 2. The van der Waals surface area contributed by atoms with Crippen LogP contribution in [0.2, 0.25) is 0 Å². The number of nitrogens with one attached hydrogen (secondary N) is 1. The molecule has 0 bridgehead atoms. The fraction of sp³-hybridized carbons (Fsp3) is 0.429. The summed E-state index contributed by atoms with van der Waals surface area (Å²) in [4.78, 5) is 0. The zero-order valence-corrected chi connectivity index (χ0v) is 10.5. The van der Waals surface area contributed by atoms with E-state index >= 15 is 0 Å². The van der Waals surface area contributed by atoms with Crippen LogP contribution in [0.3, 0.4) is 0 Å². The van der Waals surface area contributed by atoms with E-state index in [0.717, 1.165) is 23.0 Å². The number of benzene rings is 1. The molecule has 0 amide bonds. The molecule has 2 heterocycles. The van der Waals surface area contributed by atoms with Crippen molar-refractivity contribution in [1.82, 2.24) is 15.5 Å². The average molecular weight is 243 g/mol. The van der Waals surface area contributed by atoms with Gasteiger partial charge in [0.1, 0.15) is 6.61 Å². The molecule has 1 aliphatic rings. The Morgan fingerprint density at radius 2 is 2.11 bits per heavy atom. The van der Waals surface area contributed by atoms with Crippen LogP contribution in [0.5, 0.6) is 5.88 Å². The summed E-state index contributed by atoms with van der Waals surface area (Å²) in [7, 11) is 0. The fourth-order valence-corrected chi connectivity index (χ4v) is 2.40. The van der Waals surface area contributed by atoms with Gasteiger partial charge >= 0.3 is 0 Å². The molecular formula is C14H17N3O. The van der Waals surface area contributed by atoms with E-state index in [1.807, 2.05) is 25.1 Å². The van der Waals surface area contributed by atoms with E-state index in [-0.39, 0.29) is 0 Å². The number of rotatable bonds is 3. The van der Waals surface area contributed by atoms with Gasteiger partial charge in [0.25, 0.3) is 0 Å². The highest BCUT2D eigenvalue weighted by molar-refractivity contribution is 5.88. The molecule has 1 aliphatic heterocycles. The number of aryl methyl sites for hydroxylation is 1. The third kappa shape index (κ3) is 2.16. The van der Waals surface area contributed by atoms with Crippen molar-refractivity contribution in [2.24, 2.45) is 0 Å². The second-order valence-corrected chi connectivity index (χ2v) is 4.74. The lowest BCUT2D eigenvalue weighted by molar-refractivity contribution is 0.268. The minimum Gasteiger partial charge on any atom is -0.475 e. The Morgan fingerprint density at radius 1 is 1.28 bits per heavy atom. The molecule has 0 radical (unpaired) electrons. The van der Waals surface area contributed by atoms with Crippen molar-refractivity contribution in [3.8, 4) is 5.88 Å². The second kappa shape index (κ2) is 4.90. The summed E-state index contributed by atoms with van der Waals surface area (Å²) in [5, 5.41) is 13.9. The zero-order chi connectivity index (χ0) is 12.4.